The normalized spacial score (nSPS) is 17.5. The second-order valence-corrected chi connectivity index (χ2v) is 8.80. The number of non-ortho nitro benzene ring substituents is 1. The second kappa shape index (κ2) is 9.90. The highest BCUT2D eigenvalue weighted by Crippen LogP contribution is 2.40. The van der Waals surface area contributed by atoms with Crippen LogP contribution in [-0.2, 0) is 9.59 Å². The lowest BCUT2D eigenvalue weighted by atomic mass is 9.96. The Morgan fingerprint density at radius 1 is 1.17 bits per heavy atom. The highest BCUT2D eigenvalue weighted by molar-refractivity contribution is 6.46. The van der Waals surface area contributed by atoms with Gasteiger partial charge in [-0.25, -0.2) is 4.98 Å². The molecule has 0 bridgehead atoms. The third kappa shape index (κ3) is 4.24. The molecule has 3 heterocycles. The quantitative estimate of drug-likeness (QED) is 0.168. The van der Waals surface area contributed by atoms with Crippen LogP contribution in [0.5, 0.6) is 0 Å². The average molecular weight is 492 g/mol. The number of rotatable bonds is 8. The van der Waals surface area contributed by atoms with E-state index in [1.54, 1.807) is 13.0 Å². The van der Waals surface area contributed by atoms with Crippen LogP contribution >= 0.6 is 0 Å². The van der Waals surface area contributed by atoms with Crippen LogP contribution in [0.1, 0.15) is 42.4 Å². The predicted molar refractivity (Wildman–Crippen MR) is 135 cm³/mol. The van der Waals surface area contributed by atoms with E-state index in [-0.39, 0.29) is 23.5 Å². The van der Waals surface area contributed by atoms with Gasteiger partial charge in [-0.15, -0.1) is 0 Å². The first-order chi connectivity index (χ1) is 17.2. The number of aliphatic hydroxyl groups is 1. The van der Waals surface area contributed by atoms with Gasteiger partial charge in [0.2, 0.25) is 0 Å². The van der Waals surface area contributed by atoms with E-state index in [1.165, 1.54) is 23.1 Å². The molecule has 0 spiro atoms. The van der Waals surface area contributed by atoms with Crippen LogP contribution in [0.2, 0.25) is 0 Å². The van der Waals surface area contributed by atoms with Crippen LogP contribution in [0.4, 0.5) is 5.69 Å². The van der Waals surface area contributed by atoms with Gasteiger partial charge in [0.15, 0.2) is 5.76 Å². The summed E-state index contributed by atoms with van der Waals surface area (Å²) in [5, 5.41) is 22.9. The number of fused-ring (bicyclic) bond motifs is 1. The Morgan fingerprint density at radius 3 is 2.53 bits per heavy atom. The number of likely N-dealkylation sites (tertiary alicyclic amines) is 1. The summed E-state index contributed by atoms with van der Waals surface area (Å²) >= 11 is 0. The molecular formula is C26H29N5O5. The Balaban J connectivity index is 1.90. The number of carbonyl (C=O) groups excluding carboxylic acids is 2. The van der Waals surface area contributed by atoms with Gasteiger partial charge >= 0.3 is 0 Å². The van der Waals surface area contributed by atoms with Gasteiger partial charge in [-0.1, -0.05) is 32.0 Å². The van der Waals surface area contributed by atoms with Gasteiger partial charge in [0.05, 0.1) is 22.2 Å². The Morgan fingerprint density at radius 2 is 1.89 bits per heavy atom. The van der Waals surface area contributed by atoms with E-state index in [4.69, 9.17) is 0 Å². The van der Waals surface area contributed by atoms with Crippen LogP contribution in [0, 0.1) is 24.0 Å². The standard InChI is InChI=1S/C26H29N5O5/c1-5-28(6-2)13-14-30-22(18-10-7-11-19(15-18)31(35)36)20(24(33)26(30)34)23(32)21-17(4)29-12-8-9-16(3)25(29)27-21/h7-12,15,22,32H,5-6,13-14H2,1-4H3/b23-20+. The molecule has 2 aromatic heterocycles. The van der Waals surface area contributed by atoms with Gasteiger partial charge in [-0.2, -0.15) is 0 Å². The molecule has 36 heavy (non-hydrogen) atoms. The van der Waals surface area contributed by atoms with Crippen molar-refractivity contribution in [2.75, 3.05) is 26.2 Å². The zero-order valence-corrected chi connectivity index (χ0v) is 20.8. The zero-order valence-electron chi connectivity index (χ0n) is 20.8. The maximum absolute atomic E-state index is 13.3. The highest BCUT2D eigenvalue weighted by Gasteiger charge is 2.46. The molecule has 3 aromatic rings. The number of carbonyl (C=O) groups is 2. The van der Waals surface area contributed by atoms with E-state index in [1.807, 2.05) is 43.5 Å². The molecule has 1 atom stereocenters. The van der Waals surface area contributed by atoms with Crippen molar-refractivity contribution in [3.8, 4) is 0 Å². The Hall–Kier alpha value is -4.05. The lowest BCUT2D eigenvalue weighted by Crippen LogP contribution is -2.38. The van der Waals surface area contributed by atoms with Crippen molar-refractivity contribution in [3.63, 3.8) is 0 Å². The number of nitrogens with zero attached hydrogens (tertiary/aromatic N) is 5. The minimum absolute atomic E-state index is 0.121. The van der Waals surface area contributed by atoms with E-state index in [0.717, 1.165) is 18.7 Å². The number of ketones is 1. The number of pyridine rings is 1. The third-order valence-electron chi connectivity index (χ3n) is 6.80. The summed E-state index contributed by atoms with van der Waals surface area (Å²) in [4.78, 5) is 45.5. The lowest BCUT2D eigenvalue weighted by Gasteiger charge is -2.28. The Bertz CT molecular complexity index is 1390. The number of Topliss-reactive ketones (excluding diaryl/α,β-unsaturated/α-hetero) is 1. The predicted octanol–water partition coefficient (Wildman–Crippen LogP) is 3.62. The summed E-state index contributed by atoms with van der Waals surface area (Å²) in [7, 11) is 0. The summed E-state index contributed by atoms with van der Waals surface area (Å²) in [6.07, 6.45) is 1.81. The Labute approximate surface area is 208 Å². The molecule has 1 aliphatic heterocycles. The van der Waals surface area contributed by atoms with Crippen molar-refractivity contribution >= 4 is 28.8 Å². The first-order valence-corrected chi connectivity index (χ1v) is 11.9. The first-order valence-electron chi connectivity index (χ1n) is 11.9. The molecule has 1 fully saturated rings. The van der Waals surface area contributed by atoms with Crippen LogP contribution in [-0.4, -0.2) is 67.1 Å². The third-order valence-corrected chi connectivity index (χ3v) is 6.80. The number of likely N-dealkylation sites (N-methyl/N-ethyl adjacent to an activating group) is 1. The molecule has 188 valence electrons. The van der Waals surface area contributed by atoms with Gasteiger partial charge in [0, 0.05) is 31.4 Å². The number of imidazole rings is 1. The molecule has 1 saturated heterocycles. The molecule has 10 heteroatoms. The minimum Gasteiger partial charge on any atom is -0.505 e. The molecule has 1 aromatic carbocycles. The second-order valence-electron chi connectivity index (χ2n) is 8.80. The van der Waals surface area contributed by atoms with Crippen LogP contribution in [0.25, 0.3) is 11.4 Å². The molecule has 0 saturated carbocycles. The fourth-order valence-corrected chi connectivity index (χ4v) is 4.73. The van der Waals surface area contributed by atoms with E-state index < -0.39 is 28.4 Å². The van der Waals surface area contributed by atoms with Crippen molar-refractivity contribution in [3.05, 3.63) is 80.8 Å². The van der Waals surface area contributed by atoms with Gasteiger partial charge in [-0.3, -0.25) is 19.7 Å². The summed E-state index contributed by atoms with van der Waals surface area (Å²) in [5.74, 6) is -1.98. The summed E-state index contributed by atoms with van der Waals surface area (Å²) in [6.45, 7) is 9.93. The fourth-order valence-electron chi connectivity index (χ4n) is 4.73. The van der Waals surface area contributed by atoms with Crippen LogP contribution in [0.15, 0.2) is 48.2 Å². The van der Waals surface area contributed by atoms with Gasteiger partial charge < -0.3 is 19.3 Å². The molecule has 0 radical (unpaired) electrons. The smallest absolute Gasteiger partial charge is 0.295 e. The molecule has 1 aliphatic rings. The number of hydrogen-bond donors (Lipinski definition) is 1. The van der Waals surface area contributed by atoms with Gasteiger partial charge in [0.1, 0.15) is 11.3 Å². The topological polar surface area (TPSA) is 121 Å². The number of hydrogen-bond acceptors (Lipinski definition) is 7. The maximum Gasteiger partial charge on any atom is 0.295 e. The van der Waals surface area contributed by atoms with Gasteiger partial charge in [-0.05, 0) is 44.1 Å². The van der Waals surface area contributed by atoms with E-state index >= 15 is 0 Å². The summed E-state index contributed by atoms with van der Waals surface area (Å²) in [6, 6.07) is 8.59. The van der Waals surface area contributed by atoms with Crippen LogP contribution < -0.4 is 0 Å². The number of aromatic nitrogens is 2. The minimum atomic E-state index is -0.981. The highest BCUT2D eigenvalue weighted by atomic mass is 16.6. The van der Waals surface area contributed by atoms with Crippen molar-refractivity contribution < 1.29 is 19.6 Å². The number of nitro groups is 1. The number of benzene rings is 1. The molecule has 10 nitrogen and oxygen atoms in total. The van der Waals surface area contributed by atoms with E-state index in [9.17, 15) is 24.8 Å². The number of aryl methyl sites for hydroxylation is 2. The van der Waals surface area contributed by atoms with Crippen molar-refractivity contribution in [1.29, 1.82) is 0 Å². The van der Waals surface area contributed by atoms with Gasteiger partial charge in [0.25, 0.3) is 17.4 Å². The first kappa shape index (κ1) is 25.1. The zero-order chi connectivity index (χ0) is 26.1. The summed E-state index contributed by atoms with van der Waals surface area (Å²) in [5.41, 5.74) is 2.40. The maximum atomic E-state index is 13.3. The lowest BCUT2D eigenvalue weighted by molar-refractivity contribution is -0.384. The van der Waals surface area contributed by atoms with Crippen molar-refractivity contribution in [1.82, 2.24) is 19.2 Å². The van der Waals surface area contributed by atoms with Crippen molar-refractivity contribution in [2.45, 2.75) is 33.7 Å². The molecule has 0 aliphatic carbocycles. The monoisotopic (exact) mass is 491 g/mol. The average Bonchev–Trinajstić information content (AvgIpc) is 3.34. The van der Waals surface area contributed by atoms with E-state index in [0.29, 0.717) is 23.4 Å². The largest absolute Gasteiger partial charge is 0.505 e. The molecule has 1 amide bonds. The molecule has 4 rings (SSSR count). The van der Waals surface area contributed by atoms with E-state index in [2.05, 4.69) is 9.88 Å². The number of aliphatic hydroxyl groups excluding tert-OH is 1. The SMILES string of the molecule is CCN(CC)CCN1C(=O)C(=O)/C(=C(/O)c2nc3c(C)cccn3c2C)C1c1cccc([N+](=O)[O-])c1. The van der Waals surface area contributed by atoms with Crippen molar-refractivity contribution in [2.24, 2.45) is 0 Å². The Kier molecular flexibility index (Phi) is 6.89. The number of nitro benzene ring substituents is 1. The molecular weight excluding hydrogens is 462 g/mol. The number of amides is 1. The summed E-state index contributed by atoms with van der Waals surface area (Å²) < 4.78 is 1.81. The fraction of sp³-hybridized carbons (Fsp3) is 0.346. The molecule has 1 unspecified atom stereocenters. The van der Waals surface area contributed by atoms with Crippen LogP contribution in [0.3, 0.4) is 0 Å². The molecule has 1 N–H and O–H groups in total.